The predicted molar refractivity (Wildman–Crippen MR) is 85.9 cm³/mol. The molecule has 1 N–H and O–H groups in total. The highest BCUT2D eigenvalue weighted by Crippen LogP contribution is 2.20. The van der Waals surface area contributed by atoms with Crippen LogP contribution < -0.4 is 5.32 Å². The summed E-state index contributed by atoms with van der Waals surface area (Å²) in [6.07, 6.45) is 5.64. The minimum Gasteiger partial charge on any atom is -0.349 e. The molecule has 0 radical (unpaired) electrons. The van der Waals surface area contributed by atoms with Crippen molar-refractivity contribution < 1.29 is 9.59 Å². The standard InChI is InChI=1S/C17H20N4O2/c1-12(19-17(23)14-9-16(22)20(2)10-14)13-4-3-5-15(8-13)21-7-6-18-11-21/h3-8,11-12,14H,9-10H2,1-2H3,(H,19,23)/t12-,14-/m1/s1. The van der Waals surface area contributed by atoms with Gasteiger partial charge in [-0.25, -0.2) is 4.98 Å². The number of amides is 2. The molecule has 1 aromatic carbocycles. The summed E-state index contributed by atoms with van der Waals surface area (Å²) >= 11 is 0. The summed E-state index contributed by atoms with van der Waals surface area (Å²) in [5, 5.41) is 3.01. The van der Waals surface area contributed by atoms with Gasteiger partial charge in [0.25, 0.3) is 0 Å². The molecule has 1 aliphatic heterocycles. The highest BCUT2D eigenvalue weighted by atomic mass is 16.2. The maximum atomic E-state index is 12.3. The molecule has 2 amide bonds. The van der Waals surface area contributed by atoms with Crippen LogP contribution in [0.2, 0.25) is 0 Å². The molecule has 0 bridgehead atoms. The van der Waals surface area contributed by atoms with Crippen LogP contribution in [0, 0.1) is 5.92 Å². The molecule has 1 fully saturated rings. The van der Waals surface area contributed by atoms with Crippen molar-refractivity contribution >= 4 is 11.8 Å². The first kappa shape index (κ1) is 15.3. The van der Waals surface area contributed by atoms with Crippen molar-refractivity contribution in [3.05, 3.63) is 48.5 Å². The third kappa shape index (κ3) is 3.26. The molecule has 1 aliphatic rings. The summed E-state index contributed by atoms with van der Waals surface area (Å²) < 4.78 is 1.92. The lowest BCUT2D eigenvalue weighted by atomic mass is 10.0. The zero-order valence-electron chi connectivity index (χ0n) is 13.3. The fourth-order valence-corrected chi connectivity index (χ4v) is 2.82. The first-order valence-corrected chi connectivity index (χ1v) is 7.67. The average molecular weight is 312 g/mol. The van der Waals surface area contributed by atoms with Crippen LogP contribution in [0.1, 0.15) is 24.9 Å². The van der Waals surface area contributed by atoms with E-state index in [0.29, 0.717) is 13.0 Å². The van der Waals surface area contributed by atoms with E-state index in [1.165, 1.54) is 0 Å². The van der Waals surface area contributed by atoms with E-state index in [1.807, 2.05) is 42.0 Å². The number of benzene rings is 1. The van der Waals surface area contributed by atoms with Crippen LogP contribution in [0.15, 0.2) is 43.0 Å². The van der Waals surface area contributed by atoms with Crippen LogP contribution in [-0.2, 0) is 9.59 Å². The monoisotopic (exact) mass is 312 g/mol. The van der Waals surface area contributed by atoms with Gasteiger partial charge in [-0.1, -0.05) is 12.1 Å². The van der Waals surface area contributed by atoms with E-state index < -0.39 is 0 Å². The van der Waals surface area contributed by atoms with Crippen molar-refractivity contribution in [2.75, 3.05) is 13.6 Å². The van der Waals surface area contributed by atoms with Gasteiger partial charge in [0.2, 0.25) is 11.8 Å². The quantitative estimate of drug-likeness (QED) is 0.931. The Morgan fingerprint density at radius 2 is 2.26 bits per heavy atom. The lowest BCUT2D eigenvalue weighted by Crippen LogP contribution is -2.34. The van der Waals surface area contributed by atoms with Crippen LogP contribution in [0.25, 0.3) is 5.69 Å². The molecule has 0 spiro atoms. The maximum absolute atomic E-state index is 12.3. The van der Waals surface area contributed by atoms with Gasteiger partial charge in [-0.15, -0.1) is 0 Å². The van der Waals surface area contributed by atoms with Gasteiger partial charge < -0.3 is 14.8 Å². The summed E-state index contributed by atoms with van der Waals surface area (Å²) in [6, 6.07) is 7.84. The molecule has 0 saturated carbocycles. The third-order valence-electron chi connectivity index (χ3n) is 4.24. The minimum atomic E-state index is -0.258. The first-order valence-electron chi connectivity index (χ1n) is 7.67. The fraction of sp³-hybridized carbons (Fsp3) is 0.353. The minimum absolute atomic E-state index is 0.0277. The highest BCUT2D eigenvalue weighted by molar-refractivity contribution is 5.89. The number of hydrogen-bond donors (Lipinski definition) is 1. The van der Waals surface area contributed by atoms with E-state index in [4.69, 9.17) is 0 Å². The summed E-state index contributed by atoms with van der Waals surface area (Å²) in [7, 11) is 1.73. The van der Waals surface area contributed by atoms with Crippen molar-refractivity contribution in [3.63, 3.8) is 0 Å². The molecule has 6 nitrogen and oxygen atoms in total. The van der Waals surface area contributed by atoms with E-state index in [0.717, 1.165) is 11.3 Å². The van der Waals surface area contributed by atoms with Crippen molar-refractivity contribution in [1.82, 2.24) is 19.8 Å². The number of rotatable bonds is 4. The van der Waals surface area contributed by atoms with Gasteiger partial charge in [0, 0.05) is 38.1 Å². The van der Waals surface area contributed by atoms with Gasteiger partial charge in [-0.3, -0.25) is 9.59 Å². The normalized spacial score (nSPS) is 19.0. The van der Waals surface area contributed by atoms with Crippen molar-refractivity contribution in [1.29, 1.82) is 0 Å². The molecule has 23 heavy (non-hydrogen) atoms. The molecule has 2 atom stereocenters. The number of carbonyl (C=O) groups is 2. The Bertz CT molecular complexity index is 711. The van der Waals surface area contributed by atoms with Crippen LogP contribution in [0.3, 0.4) is 0 Å². The Kier molecular flexibility index (Phi) is 4.14. The lowest BCUT2D eigenvalue weighted by molar-refractivity contribution is -0.128. The first-order chi connectivity index (χ1) is 11.0. The van der Waals surface area contributed by atoms with E-state index in [2.05, 4.69) is 10.3 Å². The van der Waals surface area contributed by atoms with Crippen molar-refractivity contribution in [3.8, 4) is 5.69 Å². The number of aromatic nitrogens is 2. The second-order valence-electron chi connectivity index (χ2n) is 5.97. The van der Waals surface area contributed by atoms with E-state index in [9.17, 15) is 9.59 Å². The largest absolute Gasteiger partial charge is 0.349 e. The second-order valence-corrected chi connectivity index (χ2v) is 5.97. The number of carbonyl (C=O) groups excluding carboxylic acids is 2. The molecule has 6 heteroatoms. The number of hydrogen-bond acceptors (Lipinski definition) is 3. The molecule has 1 aromatic heterocycles. The number of nitrogens with one attached hydrogen (secondary N) is 1. The molecular weight excluding hydrogens is 292 g/mol. The Hall–Kier alpha value is -2.63. The van der Waals surface area contributed by atoms with Crippen LogP contribution in [0.5, 0.6) is 0 Å². The van der Waals surface area contributed by atoms with Gasteiger partial charge in [0.1, 0.15) is 0 Å². The Morgan fingerprint density at radius 3 is 2.91 bits per heavy atom. The van der Waals surface area contributed by atoms with Gasteiger partial charge >= 0.3 is 0 Å². The molecule has 2 aromatic rings. The van der Waals surface area contributed by atoms with Gasteiger partial charge in [-0.2, -0.15) is 0 Å². The highest BCUT2D eigenvalue weighted by Gasteiger charge is 2.32. The Morgan fingerprint density at radius 1 is 1.43 bits per heavy atom. The second kappa shape index (κ2) is 6.24. The number of likely N-dealkylation sites (tertiary alicyclic amines) is 1. The number of imidazole rings is 1. The molecule has 0 aliphatic carbocycles. The van der Waals surface area contributed by atoms with Crippen molar-refractivity contribution in [2.24, 2.45) is 5.92 Å². The third-order valence-corrected chi connectivity index (χ3v) is 4.24. The van der Waals surface area contributed by atoms with Crippen molar-refractivity contribution in [2.45, 2.75) is 19.4 Å². The predicted octanol–water partition coefficient (Wildman–Crippen LogP) is 1.53. The Labute approximate surface area is 135 Å². The fourth-order valence-electron chi connectivity index (χ4n) is 2.82. The number of nitrogens with zero attached hydrogens (tertiary/aromatic N) is 3. The van der Waals surface area contributed by atoms with Crippen LogP contribution in [0.4, 0.5) is 0 Å². The van der Waals surface area contributed by atoms with E-state index in [1.54, 1.807) is 24.5 Å². The molecule has 0 unspecified atom stereocenters. The van der Waals surface area contributed by atoms with Gasteiger partial charge in [0.05, 0.1) is 18.3 Å². The lowest BCUT2D eigenvalue weighted by Gasteiger charge is -2.18. The smallest absolute Gasteiger partial charge is 0.225 e. The summed E-state index contributed by atoms with van der Waals surface area (Å²) in [5.41, 5.74) is 2.01. The topological polar surface area (TPSA) is 67.2 Å². The molecule has 120 valence electrons. The summed E-state index contributed by atoms with van der Waals surface area (Å²) in [5.74, 6) is -0.296. The molecular formula is C17H20N4O2. The summed E-state index contributed by atoms with van der Waals surface area (Å²) in [4.78, 5) is 29.5. The van der Waals surface area contributed by atoms with Crippen LogP contribution in [-0.4, -0.2) is 39.9 Å². The van der Waals surface area contributed by atoms with E-state index in [-0.39, 0.29) is 23.8 Å². The van der Waals surface area contributed by atoms with E-state index >= 15 is 0 Å². The Balaban J connectivity index is 1.69. The zero-order valence-corrected chi connectivity index (χ0v) is 13.3. The van der Waals surface area contributed by atoms with Gasteiger partial charge in [-0.05, 0) is 24.6 Å². The molecule has 1 saturated heterocycles. The van der Waals surface area contributed by atoms with Gasteiger partial charge in [0.15, 0.2) is 0 Å². The molecule has 3 rings (SSSR count). The zero-order chi connectivity index (χ0) is 16.4. The van der Waals surface area contributed by atoms with Crippen LogP contribution >= 0.6 is 0 Å². The summed E-state index contributed by atoms with van der Waals surface area (Å²) in [6.45, 7) is 2.44. The average Bonchev–Trinajstić information content (AvgIpc) is 3.18. The SMILES string of the molecule is C[C@@H](NC(=O)[C@@H]1CC(=O)N(C)C1)c1cccc(-n2ccnc2)c1. The maximum Gasteiger partial charge on any atom is 0.225 e. The molecule has 2 heterocycles.